The van der Waals surface area contributed by atoms with Gasteiger partial charge in [0.05, 0.1) is 11.2 Å². The average Bonchev–Trinajstić information content (AvgIpc) is 2.12. The first-order chi connectivity index (χ1) is 7.77. The predicted molar refractivity (Wildman–Crippen MR) is 71.3 cm³/mol. The van der Waals surface area contributed by atoms with E-state index in [2.05, 4.69) is 44.8 Å². The smallest absolute Gasteiger partial charge is 0.0760 e. The molecule has 0 bridgehead atoms. The van der Waals surface area contributed by atoms with E-state index in [0.717, 1.165) is 25.6 Å². The van der Waals surface area contributed by atoms with Crippen LogP contribution in [0.3, 0.4) is 0 Å². The summed E-state index contributed by atoms with van der Waals surface area (Å²) in [6.07, 6.45) is 1.32. The van der Waals surface area contributed by atoms with Gasteiger partial charge in [0, 0.05) is 25.7 Å². The Morgan fingerprint density at radius 2 is 1.65 bits per heavy atom. The predicted octanol–water partition coefficient (Wildman–Crippen LogP) is 1.87. The van der Waals surface area contributed by atoms with Crippen LogP contribution in [-0.4, -0.2) is 48.3 Å². The lowest BCUT2D eigenvalue weighted by Crippen LogP contribution is -2.62. The van der Waals surface area contributed by atoms with Gasteiger partial charge in [-0.3, -0.25) is 4.90 Å². The van der Waals surface area contributed by atoms with Crippen molar-refractivity contribution in [1.29, 1.82) is 0 Å². The minimum atomic E-state index is -0.0254. The zero-order valence-electron chi connectivity index (χ0n) is 12.0. The highest BCUT2D eigenvalue weighted by Gasteiger charge is 2.41. The van der Waals surface area contributed by atoms with Gasteiger partial charge in [0.25, 0.3) is 0 Å². The average molecular weight is 240 g/mol. The van der Waals surface area contributed by atoms with Gasteiger partial charge in [-0.25, -0.2) is 0 Å². The number of nitrogens with one attached hydrogen (secondary N) is 1. The van der Waals surface area contributed by atoms with Crippen molar-refractivity contribution >= 4 is 0 Å². The van der Waals surface area contributed by atoms with Gasteiger partial charge in [-0.2, -0.15) is 0 Å². The molecule has 1 N–H and O–H groups in total. The van der Waals surface area contributed by atoms with Gasteiger partial charge in [0.15, 0.2) is 0 Å². The van der Waals surface area contributed by atoms with Crippen molar-refractivity contribution in [2.24, 2.45) is 5.92 Å². The molecular weight excluding hydrogens is 212 g/mol. The molecule has 2 aliphatic rings. The minimum absolute atomic E-state index is 0.0254. The third-order valence-corrected chi connectivity index (χ3v) is 3.78. The molecule has 0 spiro atoms. The van der Waals surface area contributed by atoms with Crippen molar-refractivity contribution in [3.8, 4) is 0 Å². The minimum Gasteiger partial charge on any atom is -0.367 e. The third kappa shape index (κ3) is 3.43. The van der Waals surface area contributed by atoms with Crippen molar-refractivity contribution in [2.75, 3.05) is 26.2 Å². The summed E-state index contributed by atoms with van der Waals surface area (Å²) in [6, 6.07) is 0.682. The summed E-state index contributed by atoms with van der Waals surface area (Å²) in [5.74, 6) is 0.794. The van der Waals surface area contributed by atoms with E-state index in [-0.39, 0.29) is 11.2 Å². The Balaban J connectivity index is 2.04. The lowest BCUT2D eigenvalue weighted by molar-refractivity contribution is -0.189. The molecule has 2 atom stereocenters. The second kappa shape index (κ2) is 4.52. The van der Waals surface area contributed by atoms with Crippen LogP contribution in [0, 0.1) is 5.92 Å². The second-order valence-electron chi connectivity index (χ2n) is 7.18. The van der Waals surface area contributed by atoms with Crippen molar-refractivity contribution in [1.82, 2.24) is 10.2 Å². The molecule has 0 aromatic heterocycles. The summed E-state index contributed by atoms with van der Waals surface area (Å²) in [5.41, 5.74) is -0.0507. The van der Waals surface area contributed by atoms with Crippen LogP contribution in [0.1, 0.15) is 41.0 Å². The van der Waals surface area contributed by atoms with Gasteiger partial charge in [-0.15, -0.1) is 0 Å². The van der Waals surface area contributed by atoms with Gasteiger partial charge in [0.2, 0.25) is 0 Å². The topological polar surface area (TPSA) is 24.5 Å². The van der Waals surface area contributed by atoms with Gasteiger partial charge >= 0.3 is 0 Å². The number of morpholine rings is 1. The Bertz CT molecular complexity index is 259. The summed E-state index contributed by atoms with van der Waals surface area (Å²) in [4.78, 5) is 2.63. The molecule has 0 aromatic carbocycles. The molecule has 17 heavy (non-hydrogen) atoms. The lowest BCUT2D eigenvalue weighted by atomic mass is 9.92. The monoisotopic (exact) mass is 240 g/mol. The van der Waals surface area contributed by atoms with Gasteiger partial charge in [0.1, 0.15) is 0 Å². The first-order valence-electron chi connectivity index (χ1n) is 6.92. The quantitative estimate of drug-likeness (QED) is 0.757. The summed E-state index contributed by atoms with van der Waals surface area (Å²) in [6.45, 7) is 15.6. The Hall–Kier alpha value is -0.120. The van der Waals surface area contributed by atoms with E-state index < -0.39 is 0 Å². The summed E-state index contributed by atoms with van der Waals surface area (Å²) in [5, 5.41) is 3.55. The van der Waals surface area contributed by atoms with E-state index in [9.17, 15) is 0 Å². The van der Waals surface area contributed by atoms with Crippen LogP contribution in [0.4, 0.5) is 0 Å². The molecule has 0 radical (unpaired) electrons. The second-order valence-corrected chi connectivity index (χ2v) is 7.18. The first kappa shape index (κ1) is 13.3. The largest absolute Gasteiger partial charge is 0.367 e. The fourth-order valence-electron chi connectivity index (χ4n) is 3.51. The van der Waals surface area contributed by atoms with Crippen molar-refractivity contribution < 1.29 is 4.74 Å². The van der Waals surface area contributed by atoms with Crippen LogP contribution < -0.4 is 5.32 Å². The van der Waals surface area contributed by atoms with Crippen LogP contribution in [0.25, 0.3) is 0 Å². The highest BCUT2D eigenvalue weighted by molar-refractivity contribution is 4.93. The van der Waals surface area contributed by atoms with Gasteiger partial charge < -0.3 is 10.1 Å². The number of piperidine rings is 1. The van der Waals surface area contributed by atoms with Crippen LogP contribution >= 0.6 is 0 Å². The Morgan fingerprint density at radius 3 is 2.18 bits per heavy atom. The number of rotatable bonds is 1. The highest BCUT2D eigenvalue weighted by Crippen LogP contribution is 2.30. The number of nitrogens with zero attached hydrogens (tertiary/aromatic N) is 1. The number of hydrogen-bond acceptors (Lipinski definition) is 3. The molecule has 2 unspecified atom stereocenters. The molecule has 0 saturated carbocycles. The van der Waals surface area contributed by atoms with Crippen molar-refractivity contribution in [3.05, 3.63) is 0 Å². The van der Waals surface area contributed by atoms with E-state index in [4.69, 9.17) is 4.74 Å². The zero-order chi connectivity index (χ0) is 12.7. The number of ether oxygens (including phenoxy) is 1. The van der Waals surface area contributed by atoms with E-state index >= 15 is 0 Å². The molecule has 0 aromatic rings. The molecule has 0 aliphatic carbocycles. The van der Waals surface area contributed by atoms with Crippen LogP contribution in [0.15, 0.2) is 0 Å². The van der Waals surface area contributed by atoms with E-state index in [0.29, 0.717) is 6.04 Å². The Morgan fingerprint density at radius 1 is 1.06 bits per heavy atom. The summed E-state index contributed by atoms with van der Waals surface area (Å²) in [7, 11) is 0. The van der Waals surface area contributed by atoms with Crippen LogP contribution in [-0.2, 0) is 4.74 Å². The Kier molecular flexibility index (Phi) is 3.54. The molecule has 2 fully saturated rings. The van der Waals surface area contributed by atoms with Crippen molar-refractivity contribution in [2.45, 2.75) is 58.3 Å². The first-order valence-corrected chi connectivity index (χ1v) is 6.92. The highest BCUT2D eigenvalue weighted by atomic mass is 16.5. The molecule has 3 heteroatoms. The third-order valence-electron chi connectivity index (χ3n) is 3.78. The maximum atomic E-state index is 6.15. The molecule has 2 saturated heterocycles. The van der Waals surface area contributed by atoms with Crippen molar-refractivity contribution in [3.63, 3.8) is 0 Å². The van der Waals surface area contributed by atoms with Gasteiger partial charge in [-0.1, -0.05) is 6.92 Å². The van der Waals surface area contributed by atoms with E-state index in [1.54, 1.807) is 0 Å². The maximum Gasteiger partial charge on any atom is 0.0760 e. The summed E-state index contributed by atoms with van der Waals surface area (Å²) >= 11 is 0. The van der Waals surface area contributed by atoms with Crippen LogP contribution in [0.2, 0.25) is 0 Å². The molecule has 2 rings (SSSR count). The molecule has 0 amide bonds. The molecule has 2 aliphatic heterocycles. The molecule has 3 nitrogen and oxygen atoms in total. The maximum absolute atomic E-state index is 6.15. The molecule has 2 heterocycles. The normalized spacial score (nSPS) is 37.9. The SMILES string of the molecule is CC1CNCC(N2CC(C)(C)OC(C)(C)C2)C1. The molecule has 100 valence electrons. The van der Waals surface area contributed by atoms with E-state index in [1.807, 2.05) is 0 Å². The molecular formula is C14H28N2O. The number of hydrogen-bond donors (Lipinski definition) is 1. The Labute approximate surface area is 106 Å². The van der Waals surface area contributed by atoms with Gasteiger partial charge in [-0.05, 0) is 46.6 Å². The standard InChI is InChI=1S/C14H28N2O/c1-11-6-12(8-15-7-11)16-9-13(2,3)17-14(4,5)10-16/h11-12,15H,6-10H2,1-5H3. The lowest BCUT2D eigenvalue weighted by Gasteiger charge is -2.51. The summed E-state index contributed by atoms with van der Waals surface area (Å²) < 4.78 is 6.15. The van der Waals surface area contributed by atoms with E-state index in [1.165, 1.54) is 13.0 Å². The van der Waals surface area contributed by atoms with Crippen LogP contribution in [0.5, 0.6) is 0 Å². The fraction of sp³-hybridized carbons (Fsp3) is 1.00. The zero-order valence-corrected chi connectivity index (χ0v) is 12.0. The fourth-order valence-corrected chi connectivity index (χ4v) is 3.51.